The van der Waals surface area contributed by atoms with E-state index in [1.54, 1.807) is 7.11 Å². The van der Waals surface area contributed by atoms with Crippen LogP contribution in [0.1, 0.15) is 25.8 Å². The molecule has 1 rings (SSSR count). The molecule has 0 aromatic heterocycles. The van der Waals surface area contributed by atoms with Crippen LogP contribution in [0.2, 0.25) is 0 Å². The first-order chi connectivity index (χ1) is 9.06. The second-order valence-corrected chi connectivity index (χ2v) is 5.02. The molecule has 0 aliphatic heterocycles. The van der Waals surface area contributed by atoms with Gasteiger partial charge in [0.05, 0.1) is 13.0 Å². The summed E-state index contributed by atoms with van der Waals surface area (Å²) in [5, 5.41) is 0. The number of nitrogens with two attached hydrogens (primary N) is 1. The van der Waals surface area contributed by atoms with E-state index in [4.69, 9.17) is 15.2 Å². The number of ether oxygens (including phenoxy) is 2. The van der Waals surface area contributed by atoms with Crippen molar-refractivity contribution in [3.8, 4) is 5.75 Å². The second-order valence-electron chi connectivity index (χ2n) is 5.02. The Kier molecular flexibility index (Phi) is 6.36. The molecular formula is C15H23NO3. The van der Waals surface area contributed by atoms with Gasteiger partial charge in [0.25, 0.3) is 0 Å². The molecule has 1 unspecified atom stereocenters. The summed E-state index contributed by atoms with van der Waals surface area (Å²) in [5.41, 5.74) is 6.53. The van der Waals surface area contributed by atoms with Crippen molar-refractivity contribution < 1.29 is 14.3 Å². The maximum Gasteiger partial charge on any atom is 0.310 e. The summed E-state index contributed by atoms with van der Waals surface area (Å²) in [4.78, 5) is 11.9. The number of hydrogen-bond donors (Lipinski definition) is 1. The minimum Gasteiger partial charge on any atom is -0.497 e. The van der Waals surface area contributed by atoms with Gasteiger partial charge in [-0.2, -0.15) is 0 Å². The van der Waals surface area contributed by atoms with E-state index in [1.165, 1.54) is 0 Å². The predicted octanol–water partition coefficient (Wildman–Crippen LogP) is 2.36. The summed E-state index contributed by atoms with van der Waals surface area (Å²) in [6.07, 6.45) is 0.757. The quantitative estimate of drug-likeness (QED) is 0.769. The van der Waals surface area contributed by atoms with Crippen LogP contribution < -0.4 is 10.5 Å². The number of hydrogen-bond acceptors (Lipinski definition) is 4. The smallest absolute Gasteiger partial charge is 0.310 e. The Labute approximate surface area is 114 Å². The average Bonchev–Trinajstić information content (AvgIpc) is 2.42. The topological polar surface area (TPSA) is 61.5 Å². The van der Waals surface area contributed by atoms with E-state index in [9.17, 15) is 4.79 Å². The monoisotopic (exact) mass is 265 g/mol. The molecule has 2 N–H and O–H groups in total. The molecule has 4 heteroatoms. The highest BCUT2D eigenvalue weighted by atomic mass is 16.5. The number of benzene rings is 1. The molecule has 1 aromatic carbocycles. The van der Waals surface area contributed by atoms with Gasteiger partial charge >= 0.3 is 5.97 Å². The van der Waals surface area contributed by atoms with E-state index in [0.717, 1.165) is 17.7 Å². The predicted molar refractivity (Wildman–Crippen MR) is 74.8 cm³/mol. The van der Waals surface area contributed by atoms with Crippen molar-refractivity contribution >= 4 is 5.97 Å². The number of carbonyl (C=O) groups is 1. The van der Waals surface area contributed by atoms with E-state index < -0.39 is 0 Å². The van der Waals surface area contributed by atoms with Crippen LogP contribution in [-0.4, -0.2) is 19.6 Å². The molecular weight excluding hydrogens is 242 g/mol. The lowest BCUT2D eigenvalue weighted by molar-refractivity contribution is -0.150. The lowest BCUT2D eigenvalue weighted by Gasteiger charge is -2.16. The zero-order valence-corrected chi connectivity index (χ0v) is 11.9. The number of esters is 1. The molecule has 0 amide bonds. The van der Waals surface area contributed by atoms with Gasteiger partial charge in [0.1, 0.15) is 12.4 Å². The first-order valence-corrected chi connectivity index (χ1v) is 6.56. The summed E-state index contributed by atoms with van der Waals surface area (Å²) in [6.45, 7) is 4.72. The van der Waals surface area contributed by atoms with E-state index in [1.807, 2.05) is 24.3 Å². The zero-order chi connectivity index (χ0) is 14.3. The summed E-state index contributed by atoms with van der Waals surface area (Å²) in [7, 11) is 1.61. The fourth-order valence-corrected chi connectivity index (χ4v) is 1.89. The maximum absolute atomic E-state index is 11.9. The summed E-state index contributed by atoms with van der Waals surface area (Å²) in [6, 6.07) is 7.48. The van der Waals surface area contributed by atoms with Gasteiger partial charge < -0.3 is 15.2 Å². The number of rotatable bonds is 7. The first-order valence-electron chi connectivity index (χ1n) is 6.56. The van der Waals surface area contributed by atoms with E-state index in [-0.39, 0.29) is 18.5 Å². The average molecular weight is 265 g/mol. The van der Waals surface area contributed by atoms with Crippen LogP contribution in [0.5, 0.6) is 5.75 Å². The SMILES string of the molecule is COc1cccc(COC(=O)C(CN)CC(C)C)c1. The van der Waals surface area contributed by atoms with Crippen molar-refractivity contribution in [3.63, 3.8) is 0 Å². The lowest BCUT2D eigenvalue weighted by atomic mass is 9.97. The Morgan fingerprint density at radius 2 is 2.11 bits per heavy atom. The molecule has 1 aromatic rings. The van der Waals surface area contributed by atoms with Crippen LogP contribution in [0.25, 0.3) is 0 Å². The highest BCUT2D eigenvalue weighted by Gasteiger charge is 2.19. The van der Waals surface area contributed by atoms with Crippen LogP contribution in [0.15, 0.2) is 24.3 Å². The van der Waals surface area contributed by atoms with Gasteiger partial charge in [-0.3, -0.25) is 4.79 Å². The Hall–Kier alpha value is -1.55. The highest BCUT2D eigenvalue weighted by Crippen LogP contribution is 2.16. The minimum absolute atomic E-state index is 0.217. The zero-order valence-electron chi connectivity index (χ0n) is 11.9. The van der Waals surface area contributed by atoms with Crippen molar-refractivity contribution in [1.29, 1.82) is 0 Å². The van der Waals surface area contributed by atoms with E-state index in [0.29, 0.717) is 12.5 Å². The van der Waals surface area contributed by atoms with Gasteiger partial charge in [-0.05, 0) is 30.0 Å². The van der Waals surface area contributed by atoms with Crippen molar-refractivity contribution in [2.75, 3.05) is 13.7 Å². The van der Waals surface area contributed by atoms with Crippen LogP contribution in [0, 0.1) is 11.8 Å². The maximum atomic E-state index is 11.9. The van der Waals surface area contributed by atoms with Crippen molar-refractivity contribution in [2.24, 2.45) is 17.6 Å². The molecule has 0 aliphatic rings. The summed E-state index contributed by atoms with van der Waals surface area (Å²) < 4.78 is 10.4. The van der Waals surface area contributed by atoms with Crippen molar-refractivity contribution in [1.82, 2.24) is 0 Å². The fourth-order valence-electron chi connectivity index (χ4n) is 1.89. The fraction of sp³-hybridized carbons (Fsp3) is 0.533. The van der Waals surface area contributed by atoms with Crippen LogP contribution >= 0.6 is 0 Å². The number of carbonyl (C=O) groups excluding carboxylic acids is 1. The Morgan fingerprint density at radius 3 is 2.68 bits per heavy atom. The summed E-state index contributed by atoms with van der Waals surface area (Å²) in [5.74, 6) is 0.744. The van der Waals surface area contributed by atoms with Crippen LogP contribution in [-0.2, 0) is 16.1 Å². The third-order valence-corrected chi connectivity index (χ3v) is 2.89. The van der Waals surface area contributed by atoms with Crippen molar-refractivity contribution in [3.05, 3.63) is 29.8 Å². The molecule has 1 atom stereocenters. The largest absolute Gasteiger partial charge is 0.497 e. The molecule has 106 valence electrons. The van der Waals surface area contributed by atoms with E-state index >= 15 is 0 Å². The van der Waals surface area contributed by atoms with Crippen LogP contribution in [0.4, 0.5) is 0 Å². The van der Waals surface area contributed by atoms with Gasteiger partial charge in [0.15, 0.2) is 0 Å². The molecule has 0 heterocycles. The lowest BCUT2D eigenvalue weighted by Crippen LogP contribution is -2.27. The van der Waals surface area contributed by atoms with Gasteiger partial charge in [0.2, 0.25) is 0 Å². The van der Waals surface area contributed by atoms with Gasteiger partial charge in [-0.15, -0.1) is 0 Å². The molecule has 0 radical (unpaired) electrons. The molecule has 0 spiro atoms. The number of methoxy groups -OCH3 is 1. The van der Waals surface area contributed by atoms with Gasteiger partial charge in [-0.25, -0.2) is 0 Å². The molecule has 19 heavy (non-hydrogen) atoms. The molecule has 0 saturated carbocycles. The standard InChI is InChI=1S/C15H23NO3/c1-11(2)7-13(9-16)15(17)19-10-12-5-4-6-14(8-12)18-3/h4-6,8,11,13H,7,9-10,16H2,1-3H3. The minimum atomic E-state index is -0.223. The summed E-state index contributed by atoms with van der Waals surface area (Å²) >= 11 is 0. The molecule has 0 aliphatic carbocycles. The van der Waals surface area contributed by atoms with Gasteiger partial charge in [-0.1, -0.05) is 26.0 Å². The van der Waals surface area contributed by atoms with E-state index in [2.05, 4.69) is 13.8 Å². The third-order valence-electron chi connectivity index (χ3n) is 2.89. The Bertz CT molecular complexity index is 404. The molecule has 4 nitrogen and oxygen atoms in total. The Morgan fingerprint density at radius 1 is 1.37 bits per heavy atom. The first kappa shape index (κ1) is 15.5. The normalized spacial score (nSPS) is 12.3. The third kappa shape index (κ3) is 5.30. The van der Waals surface area contributed by atoms with Crippen LogP contribution in [0.3, 0.4) is 0 Å². The molecule has 0 saturated heterocycles. The van der Waals surface area contributed by atoms with Crippen molar-refractivity contribution in [2.45, 2.75) is 26.9 Å². The second kappa shape index (κ2) is 7.79. The Balaban J connectivity index is 2.52. The molecule has 0 fully saturated rings. The highest BCUT2D eigenvalue weighted by molar-refractivity contribution is 5.72. The molecule has 0 bridgehead atoms. The van der Waals surface area contributed by atoms with Gasteiger partial charge in [0, 0.05) is 6.54 Å².